The maximum atomic E-state index is 12.2. The van der Waals surface area contributed by atoms with Crippen molar-refractivity contribution in [1.82, 2.24) is 5.32 Å². The third-order valence-electron chi connectivity index (χ3n) is 4.06. The van der Waals surface area contributed by atoms with Gasteiger partial charge in [-0.1, -0.05) is 36.8 Å². The fourth-order valence-electron chi connectivity index (χ4n) is 2.68. The van der Waals surface area contributed by atoms with Crippen LogP contribution < -0.4 is 10.6 Å². The number of carbonyl (C=O) groups excluding carboxylic acids is 2. The average Bonchev–Trinajstić information content (AvgIpc) is 2.59. The predicted molar refractivity (Wildman–Crippen MR) is 102 cm³/mol. The highest BCUT2D eigenvalue weighted by atomic mass is 16.2. The molecule has 2 aromatic rings. The molecule has 0 aliphatic carbocycles. The van der Waals surface area contributed by atoms with Crippen LogP contribution >= 0.6 is 0 Å². The minimum absolute atomic E-state index is 0.0499. The highest BCUT2D eigenvalue weighted by Crippen LogP contribution is 2.14. The number of amides is 2. The molecule has 4 nitrogen and oxygen atoms in total. The molecule has 2 amide bonds. The smallest absolute Gasteiger partial charge is 0.251 e. The van der Waals surface area contributed by atoms with Gasteiger partial charge in [-0.3, -0.25) is 9.59 Å². The van der Waals surface area contributed by atoms with E-state index in [0.717, 1.165) is 6.42 Å². The summed E-state index contributed by atoms with van der Waals surface area (Å²) in [5, 5.41) is 5.71. The first-order valence-electron chi connectivity index (χ1n) is 8.74. The highest BCUT2D eigenvalue weighted by molar-refractivity contribution is 5.97. The van der Waals surface area contributed by atoms with Crippen molar-refractivity contribution in [2.24, 2.45) is 0 Å². The Morgan fingerprint density at radius 2 is 1.84 bits per heavy atom. The van der Waals surface area contributed by atoms with Crippen molar-refractivity contribution in [2.75, 3.05) is 11.9 Å². The van der Waals surface area contributed by atoms with Gasteiger partial charge in [0.15, 0.2) is 0 Å². The number of rotatable bonds is 7. The van der Waals surface area contributed by atoms with Gasteiger partial charge in [-0.05, 0) is 56.0 Å². The summed E-state index contributed by atoms with van der Waals surface area (Å²) in [7, 11) is 0. The minimum Gasteiger partial charge on any atom is -0.352 e. The lowest BCUT2D eigenvalue weighted by Gasteiger charge is -2.09. The van der Waals surface area contributed by atoms with Crippen molar-refractivity contribution in [1.29, 1.82) is 0 Å². The molecule has 0 spiro atoms. The largest absolute Gasteiger partial charge is 0.352 e. The Morgan fingerprint density at radius 1 is 1.04 bits per heavy atom. The Hall–Kier alpha value is -2.62. The van der Waals surface area contributed by atoms with E-state index in [4.69, 9.17) is 0 Å². The van der Waals surface area contributed by atoms with Gasteiger partial charge in [0.25, 0.3) is 5.91 Å². The van der Waals surface area contributed by atoms with Gasteiger partial charge in [0, 0.05) is 24.2 Å². The molecule has 4 heteroatoms. The van der Waals surface area contributed by atoms with Crippen molar-refractivity contribution in [3.63, 3.8) is 0 Å². The monoisotopic (exact) mass is 338 g/mol. The van der Waals surface area contributed by atoms with Gasteiger partial charge in [0.05, 0.1) is 0 Å². The molecule has 0 saturated carbocycles. The molecular weight excluding hydrogens is 312 g/mol. The van der Waals surface area contributed by atoms with E-state index < -0.39 is 0 Å². The summed E-state index contributed by atoms with van der Waals surface area (Å²) < 4.78 is 0. The number of hydrogen-bond acceptors (Lipinski definition) is 2. The Bertz CT molecular complexity index is 753. The van der Waals surface area contributed by atoms with E-state index in [1.165, 1.54) is 16.7 Å². The first kappa shape index (κ1) is 18.7. The lowest BCUT2D eigenvalue weighted by atomic mass is 10.0. The Kier molecular flexibility index (Phi) is 6.75. The summed E-state index contributed by atoms with van der Waals surface area (Å²) >= 11 is 0. The molecule has 2 aromatic carbocycles. The van der Waals surface area contributed by atoms with Crippen molar-refractivity contribution in [2.45, 2.75) is 40.0 Å². The zero-order valence-electron chi connectivity index (χ0n) is 15.2. The van der Waals surface area contributed by atoms with E-state index in [0.29, 0.717) is 30.6 Å². The zero-order chi connectivity index (χ0) is 18.2. The molecule has 2 N–H and O–H groups in total. The summed E-state index contributed by atoms with van der Waals surface area (Å²) in [5.74, 6) is -0.167. The standard InChI is InChI=1S/C21H26N2O2/c1-4-12-22-21(25)18-6-5-7-19(14-18)23-20(24)11-10-17-9-8-15(2)13-16(17)3/h5-9,13-14H,4,10-12H2,1-3H3,(H,22,25)(H,23,24). The first-order chi connectivity index (χ1) is 12.0. The van der Waals surface area contributed by atoms with Crippen LogP contribution in [0.3, 0.4) is 0 Å². The third kappa shape index (κ3) is 5.75. The number of hydrogen-bond donors (Lipinski definition) is 2. The lowest BCUT2D eigenvalue weighted by Crippen LogP contribution is -2.24. The van der Waals surface area contributed by atoms with Gasteiger partial charge in [0.2, 0.25) is 5.91 Å². The van der Waals surface area contributed by atoms with E-state index >= 15 is 0 Å². The molecule has 0 aliphatic rings. The van der Waals surface area contributed by atoms with E-state index in [2.05, 4.69) is 42.7 Å². The molecule has 132 valence electrons. The number of benzene rings is 2. The van der Waals surface area contributed by atoms with Gasteiger partial charge in [-0.15, -0.1) is 0 Å². The minimum atomic E-state index is -0.117. The maximum Gasteiger partial charge on any atom is 0.251 e. The fourth-order valence-corrected chi connectivity index (χ4v) is 2.68. The topological polar surface area (TPSA) is 58.2 Å². The molecule has 0 unspecified atom stereocenters. The maximum absolute atomic E-state index is 12.2. The van der Waals surface area contributed by atoms with E-state index in [9.17, 15) is 9.59 Å². The van der Waals surface area contributed by atoms with Crippen LogP contribution in [0.1, 0.15) is 46.8 Å². The Balaban J connectivity index is 1.93. The van der Waals surface area contributed by atoms with Gasteiger partial charge in [-0.25, -0.2) is 0 Å². The van der Waals surface area contributed by atoms with Crippen LogP contribution in [0, 0.1) is 13.8 Å². The molecule has 25 heavy (non-hydrogen) atoms. The molecule has 0 atom stereocenters. The van der Waals surface area contributed by atoms with Crippen molar-refractivity contribution in [3.05, 3.63) is 64.7 Å². The SMILES string of the molecule is CCCNC(=O)c1cccc(NC(=O)CCc2ccc(C)cc2C)c1. The summed E-state index contributed by atoms with van der Waals surface area (Å²) in [4.78, 5) is 24.2. The van der Waals surface area contributed by atoms with E-state index in [1.54, 1.807) is 24.3 Å². The third-order valence-corrected chi connectivity index (χ3v) is 4.06. The van der Waals surface area contributed by atoms with Crippen LogP contribution in [0.4, 0.5) is 5.69 Å². The van der Waals surface area contributed by atoms with Crippen molar-refractivity contribution < 1.29 is 9.59 Å². The predicted octanol–water partition coefficient (Wildman–Crippen LogP) is 4.01. The molecule has 2 rings (SSSR count). The summed E-state index contributed by atoms with van der Waals surface area (Å²) in [6, 6.07) is 13.3. The second-order valence-electron chi connectivity index (χ2n) is 6.31. The molecule has 0 fully saturated rings. The molecule has 0 saturated heterocycles. The number of anilines is 1. The van der Waals surface area contributed by atoms with Gasteiger partial charge < -0.3 is 10.6 Å². The highest BCUT2D eigenvalue weighted by Gasteiger charge is 2.08. The quantitative estimate of drug-likeness (QED) is 0.801. The van der Waals surface area contributed by atoms with Crippen LogP contribution in [0.15, 0.2) is 42.5 Å². The normalized spacial score (nSPS) is 10.4. The molecule has 0 aromatic heterocycles. The van der Waals surface area contributed by atoms with Crippen molar-refractivity contribution >= 4 is 17.5 Å². The fraction of sp³-hybridized carbons (Fsp3) is 0.333. The zero-order valence-corrected chi connectivity index (χ0v) is 15.2. The summed E-state index contributed by atoms with van der Waals surface area (Å²) in [5.41, 5.74) is 4.83. The van der Waals surface area contributed by atoms with Crippen LogP contribution in [0.5, 0.6) is 0 Å². The number of nitrogens with one attached hydrogen (secondary N) is 2. The average molecular weight is 338 g/mol. The second kappa shape index (κ2) is 9.02. The van der Waals surface area contributed by atoms with E-state index in [-0.39, 0.29) is 11.8 Å². The van der Waals surface area contributed by atoms with Crippen LogP contribution in [0.25, 0.3) is 0 Å². The Labute approximate surface area is 149 Å². The summed E-state index contributed by atoms with van der Waals surface area (Å²) in [6.45, 7) is 6.78. The molecule has 0 bridgehead atoms. The molecular formula is C21H26N2O2. The van der Waals surface area contributed by atoms with Crippen LogP contribution in [0.2, 0.25) is 0 Å². The molecule has 0 radical (unpaired) electrons. The Morgan fingerprint density at radius 3 is 2.56 bits per heavy atom. The van der Waals surface area contributed by atoms with Crippen molar-refractivity contribution in [3.8, 4) is 0 Å². The number of aryl methyl sites for hydroxylation is 3. The molecule has 0 aliphatic heterocycles. The lowest BCUT2D eigenvalue weighted by molar-refractivity contribution is -0.116. The number of carbonyl (C=O) groups is 2. The van der Waals surface area contributed by atoms with E-state index in [1.807, 2.05) is 6.92 Å². The molecule has 0 heterocycles. The van der Waals surface area contributed by atoms with Gasteiger partial charge >= 0.3 is 0 Å². The van der Waals surface area contributed by atoms with Gasteiger partial charge in [0.1, 0.15) is 0 Å². The van der Waals surface area contributed by atoms with Gasteiger partial charge in [-0.2, -0.15) is 0 Å². The first-order valence-corrected chi connectivity index (χ1v) is 8.74. The second-order valence-corrected chi connectivity index (χ2v) is 6.31. The van der Waals surface area contributed by atoms with Crippen LogP contribution in [-0.4, -0.2) is 18.4 Å². The summed E-state index contributed by atoms with van der Waals surface area (Å²) in [6.07, 6.45) is 2.01. The van der Waals surface area contributed by atoms with Crippen LogP contribution in [-0.2, 0) is 11.2 Å².